The van der Waals surface area contributed by atoms with Crippen LogP contribution in [0.3, 0.4) is 0 Å². The maximum Gasteiger partial charge on any atom is 0.00383 e. The molecule has 1 atom stereocenters. The summed E-state index contributed by atoms with van der Waals surface area (Å²) in [7, 11) is 2.21. The summed E-state index contributed by atoms with van der Waals surface area (Å²) in [6.45, 7) is 8.64. The minimum Gasteiger partial charge on any atom is -0.306 e. The molecule has 11 heavy (non-hydrogen) atoms. The molecule has 1 heterocycles. The van der Waals surface area contributed by atoms with Gasteiger partial charge in [0.15, 0.2) is 0 Å². The van der Waals surface area contributed by atoms with Crippen LogP contribution in [0.4, 0.5) is 0 Å². The van der Waals surface area contributed by atoms with E-state index in [0.717, 1.165) is 0 Å². The molecule has 0 aromatic carbocycles. The fraction of sp³-hybridized carbons (Fsp3) is 0.800. The van der Waals surface area contributed by atoms with Crippen LogP contribution < -0.4 is 0 Å². The van der Waals surface area contributed by atoms with Gasteiger partial charge in [0, 0.05) is 6.54 Å². The molecule has 1 fully saturated rings. The van der Waals surface area contributed by atoms with Gasteiger partial charge in [0.1, 0.15) is 0 Å². The van der Waals surface area contributed by atoms with Crippen LogP contribution in [0.15, 0.2) is 12.7 Å². The smallest absolute Gasteiger partial charge is 0.00383 e. The molecule has 0 spiro atoms. The number of hydrogen-bond acceptors (Lipinski definition) is 1. The predicted molar refractivity (Wildman–Crippen MR) is 49.7 cm³/mol. The van der Waals surface area contributed by atoms with Crippen molar-refractivity contribution in [3.8, 4) is 0 Å². The first kappa shape index (κ1) is 8.79. The molecule has 0 aromatic rings. The van der Waals surface area contributed by atoms with Crippen LogP contribution in [0, 0.1) is 5.41 Å². The van der Waals surface area contributed by atoms with Gasteiger partial charge in [-0.25, -0.2) is 0 Å². The van der Waals surface area contributed by atoms with E-state index in [1.807, 2.05) is 0 Å². The zero-order valence-electron chi connectivity index (χ0n) is 7.77. The Bertz CT molecular complexity index is 142. The molecule has 0 aromatic heterocycles. The third-order valence-corrected chi connectivity index (χ3v) is 2.96. The highest BCUT2D eigenvalue weighted by Crippen LogP contribution is 2.36. The maximum atomic E-state index is 3.82. The molecule has 1 nitrogen and oxygen atoms in total. The first-order valence-corrected chi connectivity index (χ1v) is 4.52. The number of allylic oxidation sites excluding steroid dienone is 1. The van der Waals surface area contributed by atoms with E-state index in [4.69, 9.17) is 0 Å². The van der Waals surface area contributed by atoms with Gasteiger partial charge < -0.3 is 4.90 Å². The Labute approximate surface area is 70.1 Å². The first-order chi connectivity index (χ1) is 5.22. The van der Waals surface area contributed by atoms with E-state index in [-0.39, 0.29) is 0 Å². The molecule has 0 amide bonds. The largest absolute Gasteiger partial charge is 0.306 e. The lowest BCUT2D eigenvalue weighted by molar-refractivity contribution is 0.274. The molecule has 0 N–H and O–H groups in total. The third kappa shape index (κ3) is 1.84. The van der Waals surface area contributed by atoms with E-state index >= 15 is 0 Å². The topological polar surface area (TPSA) is 3.24 Å². The third-order valence-electron chi connectivity index (χ3n) is 2.96. The molecule has 0 radical (unpaired) electrons. The van der Waals surface area contributed by atoms with Crippen LogP contribution >= 0.6 is 0 Å². The van der Waals surface area contributed by atoms with Crippen molar-refractivity contribution in [2.24, 2.45) is 5.41 Å². The van der Waals surface area contributed by atoms with Gasteiger partial charge in [0.2, 0.25) is 0 Å². The van der Waals surface area contributed by atoms with Crippen LogP contribution in [0.1, 0.15) is 26.2 Å². The number of hydrogen-bond donors (Lipinski definition) is 0. The second kappa shape index (κ2) is 3.40. The standard InChI is InChI=1S/C10H19N/c1-4-6-10(5-2)7-8-11(3)9-10/h4H,1,5-9H2,2-3H3. The molecule has 1 aliphatic heterocycles. The molecular weight excluding hydrogens is 134 g/mol. The fourth-order valence-corrected chi connectivity index (χ4v) is 2.06. The average molecular weight is 153 g/mol. The average Bonchev–Trinajstić information content (AvgIpc) is 2.34. The van der Waals surface area contributed by atoms with Gasteiger partial charge in [-0.1, -0.05) is 13.0 Å². The molecule has 0 bridgehead atoms. The molecule has 0 saturated carbocycles. The molecule has 1 rings (SSSR count). The summed E-state index contributed by atoms with van der Waals surface area (Å²) in [5, 5.41) is 0. The normalized spacial score (nSPS) is 32.5. The van der Waals surface area contributed by atoms with Gasteiger partial charge in [0.05, 0.1) is 0 Å². The highest BCUT2D eigenvalue weighted by atomic mass is 15.1. The lowest BCUT2D eigenvalue weighted by Crippen LogP contribution is -2.23. The molecule has 64 valence electrons. The number of rotatable bonds is 3. The van der Waals surface area contributed by atoms with Crippen molar-refractivity contribution in [1.82, 2.24) is 4.90 Å². The molecule has 1 heteroatoms. The van der Waals surface area contributed by atoms with E-state index in [2.05, 4.69) is 31.5 Å². The number of likely N-dealkylation sites (tertiary alicyclic amines) is 1. The Morgan fingerprint density at radius 1 is 1.64 bits per heavy atom. The second-order valence-electron chi connectivity index (χ2n) is 3.83. The fourth-order valence-electron chi connectivity index (χ4n) is 2.06. The Kier molecular flexibility index (Phi) is 2.72. The van der Waals surface area contributed by atoms with E-state index < -0.39 is 0 Å². The number of nitrogens with zero attached hydrogens (tertiary/aromatic N) is 1. The van der Waals surface area contributed by atoms with E-state index in [0.29, 0.717) is 5.41 Å². The summed E-state index contributed by atoms with van der Waals surface area (Å²) in [4.78, 5) is 2.42. The lowest BCUT2D eigenvalue weighted by atomic mass is 9.81. The Hall–Kier alpha value is -0.300. The monoisotopic (exact) mass is 153 g/mol. The van der Waals surface area contributed by atoms with Crippen molar-refractivity contribution < 1.29 is 0 Å². The van der Waals surface area contributed by atoms with Crippen molar-refractivity contribution in [1.29, 1.82) is 0 Å². The Balaban J connectivity index is 2.54. The first-order valence-electron chi connectivity index (χ1n) is 4.52. The zero-order valence-corrected chi connectivity index (χ0v) is 7.77. The summed E-state index contributed by atoms with van der Waals surface area (Å²) < 4.78 is 0. The molecule has 0 aliphatic carbocycles. The van der Waals surface area contributed by atoms with Crippen LogP contribution in [-0.4, -0.2) is 25.0 Å². The van der Waals surface area contributed by atoms with Gasteiger partial charge in [-0.05, 0) is 38.3 Å². The molecular formula is C10H19N. The van der Waals surface area contributed by atoms with Crippen molar-refractivity contribution in [2.75, 3.05) is 20.1 Å². The van der Waals surface area contributed by atoms with Crippen molar-refractivity contribution in [2.45, 2.75) is 26.2 Å². The summed E-state index contributed by atoms with van der Waals surface area (Å²) >= 11 is 0. The van der Waals surface area contributed by atoms with Gasteiger partial charge in [-0.2, -0.15) is 0 Å². The SMILES string of the molecule is C=CCC1(CC)CCN(C)C1. The van der Waals surface area contributed by atoms with Crippen molar-refractivity contribution >= 4 is 0 Å². The Morgan fingerprint density at radius 3 is 2.73 bits per heavy atom. The summed E-state index contributed by atoms with van der Waals surface area (Å²) in [6, 6.07) is 0. The van der Waals surface area contributed by atoms with Gasteiger partial charge in [-0.15, -0.1) is 6.58 Å². The van der Waals surface area contributed by atoms with Gasteiger partial charge >= 0.3 is 0 Å². The summed E-state index contributed by atoms with van der Waals surface area (Å²) in [6.07, 6.45) is 5.91. The van der Waals surface area contributed by atoms with Crippen LogP contribution in [0.25, 0.3) is 0 Å². The van der Waals surface area contributed by atoms with Crippen molar-refractivity contribution in [3.05, 3.63) is 12.7 Å². The summed E-state index contributed by atoms with van der Waals surface area (Å²) in [5.41, 5.74) is 0.566. The van der Waals surface area contributed by atoms with E-state index in [1.54, 1.807) is 0 Å². The van der Waals surface area contributed by atoms with Crippen LogP contribution in [0.5, 0.6) is 0 Å². The molecule has 1 saturated heterocycles. The van der Waals surface area contributed by atoms with Gasteiger partial charge in [0.25, 0.3) is 0 Å². The van der Waals surface area contributed by atoms with Crippen LogP contribution in [-0.2, 0) is 0 Å². The second-order valence-corrected chi connectivity index (χ2v) is 3.83. The van der Waals surface area contributed by atoms with Crippen LogP contribution in [0.2, 0.25) is 0 Å². The Morgan fingerprint density at radius 2 is 2.36 bits per heavy atom. The highest BCUT2D eigenvalue weighted by molar-refractivity contribution is 4.92. The molecule has 1 aliphatic rings. The predicted octanol–water partition coefficient (Wildman–Crippen LogP) is 2.29. The maximum absolute atomic E-state index is 3.82. The minimum absolute atomic E-state index is 0.566. The minimum atomic E-state index is 0.566. The van der Waals surface area contributed by atoms with E-state index in [9.17, 15) is 0 Å². The molecule has 1 unspecified atom stereocenters. The highest BCUT2D eigenvalue weighted by Gasteiger charge is 2.33. The quantitative estimate of drug-likeness (QED) is 0.562. The zero-order chi connectivity index (χ0) is 8.32. The van der Waals surface area contributed by atoms with Gasteiger partial charge in [-0.3, -0.25) is 0 Å². The van der Waals surface area contributed by atoms with E-state index in [1.165, 1.54) is 32.4 Å². The lowest BCUT2D eigenvalue weighted by Gasteiger charge is -2.25. The summed E-state index contributed by atoms with van der Waals surface area (Å²) in [5.74, 6) is 0. The van der Waals surface area contributed by atoms with Crippen molar-refractivity contribution in [3.63, 3.8) is 0 Å².